The van der Waals surface area contributed by atoms with Crippen molar-refractivity contribution in [1.82, 2.24) is 30.2 Å². The number of nitrogens with one attached hydrogen (secondary N) is 1. The first-order valence-corrected chi connectivity index (χ1v) is 11.0. The highest BCUT2D eigenvalue weighted by Gasteiger charge is 2.32. The molecular weight excluding hydrogens is 432 g/mol. The van der Waals surface area contributed by atoms with E-state index in [0.29, 0.717) is 24.2 Å². The van der Waals surface area contributed by atoms with Gasteiger partial charge in [0.1, 0.15) is 18.1 Å². The molecule has 1 atom stereocenters. The number of fused-ring (bicyclic) bond motifs is 1. The van der Waals surface area contributed by atoms with Gasteiger partial charge in [-0.1, -0.05) is 53.7 Å². The van der Waals surface area contributed by atoms with Crippen LogP contribution in [0.15, 0.2) is 79.1 Å². The number of methoxy groups -OCH3 is 1. The number of ether oxygens (including phenoxy) is 1. The Balaban J connectivity index is 1.69. The highest BCUT2D eigenvalue weighted by atomic mass is 16.5. The molecule has 0 aliphatic rings. The summed E-state index contributed by atoms with van der Waals surface area (Å²) in [5, 5.41) is 11.2. The van der Waals surface area contributed by atoms with Crippen molar-refractivity contribution in [2.75, 3.05) is 20.3 Å². The van der Waals surface area contributed by atoms with Crippen molar-refractivity contribution in [3.05, 3.63) is 90.3 Å². The van der Waals surface area contributed by atoms with E-state index >= 15 is 0 Å². The third kappa shape index (κ3) is 5.44. The normalized spacial score (nSPS) is 11.8. The van der Waals surface area contributed by atoms with Crippen LogP contribution < -0.4 is 5.32 Å². The zero-order valence-corrected chi connectivity index (χ0v) is 18.9. The summed E-state index contributed by atoms with van der Waals surface area (Å²) in [6.07, 6.45) is 3.24. The summed E-state index contributed by atoms with van der Waals surface area (Å²) in [5.74, 6) is -0.576. The molecule has 2 heterocycles. The third-order valence-electron chi connectivity index (χ3n) is 5.39. The van der Waals surface area contributed by atoms with Crippen LogP contribution in [0.25, 0.3) is 11.0 Å². The molecule has 4 rings (SSSR count). The summed E-state index contributed by atoms with van der Waals surface area (Å²) in [6.45, 7) is 0.870. The molecule has 9 heteroatoms. The van der Waals surface area contributed by atoms with Gasteiger partial charge in [0.25, 0.3) is 0 Å². The van der Waals surface area contributed by atoms with Gasteiger partial charge in [-0.05, 0) is 23.8 Å². The molecule has 9 nitrogen and oxygen atoms in total. The zero-order valence-electron chi connectivity index (χ0n) is 18.9. The number of hydrogen-bond donors (Lipinski definition) is 1. The van der Waals surface area contributed by atoms with Crippen LogP contribution in [-0.2, 0) is 27.4 Å². The van der Waals surface area contributed by atoms with E-state index in [1.807, 2.05) is 54.6 Å². The molecule has 34 heavy (non-hydrogen) atoms. The van der Waals surface area contributed by atoms with E-state index in [4.69, 9.17) is 4.74 Å². The summed E-state index contributed by atoms with van der Waals surface area (Å²) in [4.78, 5) is 32.8. The van der Waals surface area contributed by atoms with Crippen LogP contribution in [0, 0.1) is 0 Å². The van der Waals surface area contributed by atoms with Gasteiger partial charge in [0.2, 0.25) is 11.8 Å². The van der Waals surface area contributed by atoms with Crippen LogP contribution in [0.3, 0.4) is 0 Å². The second-order valence-corrected chi connectivity index (χ2v) is 7.72. The minimum atomic E-state index is -0.881. The fourth-order valence-corrected chi connectivity index (χ4v) is 3.74. The minimum Gasteiger partial charge on any atom is -0.383 e. The van der Waals surface area contributed by atoms with Gasteiger partial charge in [-0.15, -0.1) is 5.10 Å². The Morgan fingerprint density at radius 3 is 2.62 bits per heavy atom. The molecule has 0 saturated heterocycles. The van der Waals surface area contributed by atoms with Crippen LogP contribution in [0.5, 0.6) is 0 Å². The van der Waals surface area contributed by atoms with E-state index in [1.165, 1.54) is 0 Å². The van der Waals surface area contributed by atoms with E-state index < -0.39 is 6.04 Å². The summed E-state index contributed by atoms with van der Waals surface area (Å²) < 4.78 is 6.62. The highest BCUT2D eigenvalue weighted by Crippen LogP contribution is 2.24. The van der Waals surface area contributed by atoms with Gasteiger partial charge in [0.15, 0.2) is 0 Å². The van der Waals surface area contributed by atoms with Gasteiger partial charge in [0.05, 0.1) is 12.1 Å². The molecule has 0 radical (unpaired) electrons. The van der Waals surface area contributed by atoms with Crippen molar-refractivity contribution in [1.29, 1.82) is 0 Å². The molecule has 2 amide bonds. The maximum absolute atomic E-state index is 13.7. The second kappa shape index (κ2) is 11.2. The lowest BCUT2D eigenvalue weighted by Gasteiger charge is -2.31. The Morgan fingerprint density at radius 2 is 1.85 bits per heavy atom. The Hall–Kier alpha value is -4.11. The Labute approximate surface area is 197 Å². The predicted molar refractivity (Wildman–Crippen MR) is 126 cm³/mol. The number of benzene rings is 2. The lowest BCUT2D eigenvalue weighted by Crippen LogP contribution is -2.45. The number of rotatable bonds is 10. The molecule has 2 aromatic carbocycles. The average Bonchev–Trinajstić information content (AvgIpc) is 3.28. The van der Waals surface area contributed by atoms with Crippen molar-refractivity contribution in [3.8, 4) is 0 Å². The fraction of sp³-hybridized carbons (Fsp3) is 0.240. The van der Waals surface area contributed by atoms with Crippen LogP contribution in [0.1, 0.15) is 17.2 Å². The Bertz CT molecular complexity index is 1230. The van der Waals surface area contributed by atoms with Crippen molar-refractivity contribution in [2.45, 2.75) is 19.1 Å². The number of aromatic nitrogens is 4. The summed E-state index contributed by atoms with van der Waals surface area (Å²) in [7, 11) is 1.57. The van der Waals surface area contributed by atoms with Gasteiger partial charge < -0.3 is 15.0 Å². The van der Waals surface area contributed by atoms with Crippen LogP contribution in [0.2, 0.25) is 0 Å². The van der Waals surface area contributed by atoms with Crippen LogP contribution in [0.4, 0.5) is 0 Å². The van der Waals surface area contributed by atoms with E-state index in [0.717, 1.165) is 11.1 Å². The van der Waals surface area contributed by atoms with E-state index in [1.54, 1.807) is 41.2 Å². The predicted octanol–water partition coefficient (Wildman–Crippen LogP) is 2.36. The lowest BCUT2D eigenvalue weighted by molar-refractivity contribution is -0.142. The minimum absolute atomic E-state index is 0.0601. The monoisotopic (exact) mass is 458 g/mol. The van der Waals surface area contributed by atoms with Crippen LogP contribution >= 0.6 is 0 Å². The highest BCUT2D eigenvalue weighted by molar-refractivity contribution is 5.89. The average molecular weight is 459 g/mol. The fourth-order valence-electron chi connectivity index (χ4n) is 3.74. The second-order valence-electron chi connectivity index (χ2n) is 7.72. The molecule has 1 N–H and O–H groups in total. The summed E-state index contributed by atoms with van der Waals surface area (Å²) >= 11 is 0. The van der Waals surface area contributed by atoms with Gasteiger partial charge in [0, 0.05) is 38.2 Å². The Morgan fingerprint density at radius 1 is 1.06 bits per heavy atom. The number of nitrogens with zero attached hydrogens (tertiary/aromatic N) is 5. The van der Waals surface area contributed by atoms with Gasteiger partial charge in [-0.25, -0.2) is 4.68 Å². The van der Waals surface area contributed by atoms with E-state index in [2.05, 4.69) is 20.6 Å². The number of hydrogen-bond acceptors (Lipinski definition) is 6. The number of amides is 2. The quantitative estimate of drug-likeness (QED) is 0.366. The smallest absolute Gasteiger partial charge is 0.247 e. The number of carbonyl (C=O) groups is 2. The zero-order chi connectivity index (χ0) is 23.8. The van der Waals surface area contributed by atoms with Gasteiger partial charge in [-0.2, -0.15) is 0 Å². The molecule has 0 aliphatic heterocycles. The van der Waals surface area contributed by atoms with Crippen molar-refractivity contribution < 1.29 is 14.3 Å². The van der Waals surface area contributed by atoms with E-state index in [-0.39, 0.29) is 24.9 Å². The van der Waals surface area contributed by atoms with Crippen molar-refractivity contribution in [3.63, 3.8) is 0 Å². The number of carbonyl (C=O) groups excluding carboxylic acids is 2. The lowest BCUT2D eigenvalue weighted by atomic mass is 10.0. The topological polar surface area (TPSA) is 102 Å². The molecule has 0 bridgehead atoms. The largest absolute Gasteiger partial charge is 0.383 e. The van der Waals surface area contributed by atoms with Crippen molar-refractivity contribution >= 4 is 22.8 Å². The Kier molecular flexibility index (Phi) is 7.56. The molecular formula is C25H26N6O3. The standard InChI is InChI=1S/C25H26N6O3/c1-34-15-14-27-25(33)24(20-10-7-13-26-16-20)30(17-19-8-3-2-4-9-19)23(32)18-31-22-12-6-5-11-21(22)28-29-31/h2-13,16,24H,14-15,17-18H2,1H3,(H,27,33)/t24-/m0/s1. The summed E-state index contributed by atoms with van der Waals surface area (Å²) in [6, 6.07) is 19.7. The van der Waals surface area contributed by atoms with Crippen LogP contribution in [-0.4, -0.2) is 57.0 Å². The summed E-state index contributed by atoms with van der Waals surface area (Å²) in [5.41, 5.74) is 2.96. The SMILES string of the molecule is COCCNC(=O)[C@H](c1cccnc1)N(Cc1ccccc1)C(=O)Cn1nnc2ccccc21. The first-order valence-electron chi connectivity index (χ1n) is 11.0. The molecule has 0 saturated carbocycles. The number of pyridine rings is 1. The maximum atomic E-state index is 13.7. The molecule has 174 valence electrons. The first-order chi connectivity index (χ1) is 16.7. The maximum Gasteiger partial charge on any atom is 0.247 e. The third-order valence-corrected chi connectivity index (χ3v) is 5.39. The molecule has 0 unspecified atom stereocenters. The van der Waals surface area contributed by atoms with E-state index in [9.17, 15) is 9.59 Å². The van der Waals surface area contributed by atoms with Gasteiger partial charge in [-0.3, -0.25) is 14.6 Å². The molecule has 0 aliphatic carbocycles. The molecule has 0 fully saturated rings. The first kappa shape index (κ1) is 23.1. The van der Waals surface area contributed by atoms with Gasteiger partial charge >= 0.3 is 0 Å². The molecule has 4 aromatic rings. The number of para-hydroxylation sites is 1. The molecule has 2 aromatic heterocycles. The molecule has 0 spiro atoms. The van der Waals surface area contributed by atoms with Crippen molar-refractivity contribution in [2.24, 2.45) is 0 Å².